The van der Waals surface area contributed by atoms with Gasteiger partial charge >= 0.3 is 0 Å². The number of hydrogen-bond acceptors (Lipinski definition) is 3. The molecule has 314 valence electrons. The molecule has 0 atom stereocenters. The molecular formula is C59H59BN2O. The van der Waals surface area contributed by atoms with E-state index in [1.165, 1.54) is 85.5 Å². The molecule has 3 aliphatic rings. The van der Waals surface area contributed by atoms with Crippen molar-refractivity contribution >= 4 is 79.2 Å². The first-order chi connectivity index (χ1) is 29.9. The van der Waals surface area contributed by atoms with E-state index in [1.807, 2.05) is 6.07 Å². The normalized spacial score (nSPS) is 16.2. The van der Waals surface area contributed by atoms with Crippen LogP contribution < -0.4 is 26.2 Å². The van der Waals surface area contributed by atoms with Crippen molar-refractivity contribution in [2.45, 2.75) is 111 Å². The van der Waals surface area contributed by atoms with Gasteiger partial charge in [0.1, 0.15) is 11.2 Å². The van der Waals surface area contributed by atoms with Crippen LogP contribution in [0, 0.1) is 6.92 Å². The summed E-state index contributed by atoms with van der Waals surface area (Å²) in [6, 6.07) is 51.0. The minimum atomic E-state index is -0.0150. The van der Waals surface area contributed by atoms with Crippen molar-refractivity contribution in [3.8, 4) is 11.1 Å². The third kappa shape index (κ3) is 6.15. The van der Waals surface area contributed by atoms with E-state index in [2.05, 4.69) is 213 Å². The van der Waals surface area contributed by atoms with E-state index in [9.17, 15) is 0 Å². The molecule has 1 aromatic heterocycles. The molecule has 3 nitrogen and oxygen atoms in total. The SMILES string of the molecule is Cc1cc2c3c(c1)N(c1ccc4c(c1)C(C)(C)CCC4(C)C)c1cc(C(C)(C)C)ccc1B3c1cc(C(C)(C)C)ccc1N2c1ccc(-c2cccc3c2oc2ccccc23)cc1. The number of furan rings is 1. The third-order valence-electron chi connectivity index (χ3n) is 14.9. The zero-order valence-corrected chi connectivity index (χ0v) is 39.0. The van der Waals surface area contributed by atoms with E-state index in [4.69, 9.17) is 4.42 Å². The molecule has 0 radical (unpaired) electrons. The van der Waals surface area contributed by atoms with Gasteiger partial charge in [-0.1, -0.05) is 148 Å². The van der Waals surface area contributed by atoms with Gasteiger partial charge in [-0.2, -0.15) is 0 Å². The highest BCUT2D eigenvalue weighted by atomic mass is 16.3. The summed E-state index contributed by atoms with van der Waals surface area (Å²) in [7, 11) is 0. The number of benzene rings is 7. The van der Waals surface area contributed by atoms with Gasteiger partial charge in [-0.15, -0.1) is 0 Å². The van der Waals surface area contributed by atoms with Crippen LogP contribution in [0.25, 0.3) is 33.1 Å². The van der Waals surface area contributed by atoms with Crippen LogP contribution in [0.4, 0.5) is 34.1 Å². The average molecular weight is 823 g/mol. The second kappa shape index (κ2) is 13.5. The molecule has 8 aromatic rings. The molecular weight excluding hydrogens is 763 g/mol. The number of hydrogen-bond donors (Lipinski definition) is 0. The van der Waals surface area contributed by atoms with Crippen molar-refractivity contribution in [2.75, 3.05) is 9.80 Å². The van der Waals surface area contributed by atoms with Crippen LogP contribution in [-0.4, -0.2) is 6.71 Å². The fraction of sp³-hybridized carbons (Fsp3) is 0.288. The monoisotopic (exact) mass is 822 g/mol. The lowest BCUT2D eigenvalue weighted by Gasteiger charge is -2.46. The molecule has 0 unspecified atom stereocenters. The van der Waals surface area contributed by atoms with Crippen LogP contribution in [0.1, 0.15) is 110 Å². The van der Waals surface area contributed by atoms with E-state index in [1.54, 1.807) is 0 Å². The van der Waals surface area contributed by atoms with Crippen LogP contribution in [0.2, 0.25) is 0 Å². The highest BCUT2D eigenvalue weighted by Crippen LogP contribution is 2.50. The van der Waals surface area contributed by atoms with Crippen LogP contribution in [-0.2, 0) is 21.7 Å². The van der Waals surface area contributed by atoms with Gasteiger partial charge in [-0.3, -0.25) is 0 Å². The molecule has 4 heteroatoms. The van der Waals surface area contributed by atoms with Crippen molar-refractivity contribution in [3.05, 3.63) is 161 Å². The van der Waals surface area contributed by atoms with Crippen LogP contribution in [0.15, 0.2) is 138 Å². The molecule has 3 heterocycles. The molecule has 0 fully saturated rings. The Hall–Kier alpha value is -6.00. The van der Waals surface area contributed by atoms with Gasteiger partial charge in [0.25, 0.3) is 6.71 Å². The first kappa shape index (κ1) is 39.8. The first-order valence-electron chi connectivity index (χ1n) is 23.1. The molecule has 0 saturated heterocycles. The summed E-state index contributed by atoms with van der Waals surface area (Å²) in [4.78, 5) is 5.17. The molecule has 1 aliphatic carbocycles. The fourth-order valence-corrected chi connectivity index (χ4v) is 11.1. The zero-order valence-electron chi connectivity index (χ0n) is 39.0. The Balaban J connectivity index is 1.15. The van der Waals surface area contributed by atoms with Gasteiger partial charge in [0.15, 0.2) is 0 Å². The second-order valence-corrected chi connectivity index (χ2v) is 22.2. The van der Waals surface area contributed by atoms with Gasteiger partial charge in [0, 0.05) is 50.5 Å². The van der Waals surface area contributed by atoms with Gasteiger partial charge in [-0.25, -0.2) is 0 Å². The number of para-hydroxylation sites is 2. The Morgan fingerprint density at radius 1 is 0.524 bits per heavy atom. The Bertz CT molecular complexity index is 3170. The highest BCUT2D eigenvalue weighted by molar-refractivity contribution is 7.00. The maximum absolute atomic E-state index is 6.51. The summed E-state index contributed by atoms with van der Waals surface area (Å²) in [6.07, 6.45) is 2.38. The smallest absolute Gasteiger partial charge is 0.252 e. The molecule has 0 amide bonds. The minimum Gasteiger partial charge on any atom is -0.455 e. The molecule has 0 bridgehead atoms. The molecule has 63 heavy (non-hydrogen) atoms. The molecule has 0 N–H and O–H groups in total. The number of rotatable bonds is 3. The zero-order chi connectivity index (χ0) is 44.0. The van der Waals surface area contributed by atoms with Gasteiger partial charge < -0.3 is 14.2 Å². The fourth-order valence-electron chi connectivity index (χ4n) is 11.1. The summed E-state index contributed by atoms with van der Waals surface area (Å²) in [6.45, 7) is 26.1. The van der Waals surface area contributed by atoms with Crippen LogP contribution in [0.3, 0.4) is 0 Å². The van der Waals surface area contributed by atoms with Gasteiger partial charge in [0.2, 0.25) is 0 Å². The Labute approximate surface area is 374 Å². The quantitative estimate of drug-likeness (QED) is 0.166. The maximum Gasteiger partial charge on any atom is 0.252 e. The Kier molecular flexibility index (Phi) is 8.54. The number of aryl methyl sites for hydroxylation is 1. The van der Waals surface area contributed by atoms with E-state index < -0.39 is 0 Å². The van der Waals surface area contributed by atoms with E-state index in [0.29, 0.717) is 0 Å². The van der Waals surface area contributed by atoms with E-state index >= 15 is 0 Å². The van der Waals surface area contributed by atoms with Crippen molar-refractivity contribution in [1.29, 1.82) is 0 Å². The molecule has 0 saturated carbocycles. The molecule has 11 rings (SSSR count). The van der Waals surface area contributed by atoms with Crippen molar-refractivity contribution in [1.82, 2.24) is 0 Å². The Morgan fingerprint density at radius 3 is 1.86 bits per heavy atom. The van der Waals surface area contributed by atoms with E-state index in [-0.39, 0.29) is 28.4 Å². The van der Waals surface area contributed by atoms with Crippen molar-refractivity contribution < 1.29 is 4.42 Å². The molecule has 7 aromatic carbocycles. The van der Waals surface area contributed by atoms with Gasteiger partial charge in [0.05, 0.1) is 0 Å². The molecule has 2 aliphatic heterocycles. The van der Waals surface area contributed by atoms with Crippen molar-refractivity contribution in [2.24, 2.45) is 0 Å². The van der Waals surface area contributed by atoms with E-state index in [0.717, 1.165) is 38.8 Å². The standard InChI is InChI=1S/C59H59BN2O/c1-36-31-51-54-52(32-36)62(41-25-26-45-46(35-41)59(10,11)30-29-58(45,8)9)50-34-39(57(5,6)7)21-27-47(50)60(54)48-33-38(56(2,3)4)22-28-49(48)61(51)40-23-19-37(20-24-40)42-16-14-17-44-43-15-12-13-18-53(43)63-55(42)44/h12-28,31-35H,29-30H2,1-11H3. The lowest BCUT2D eigenvalue weighted by Crippen LogP contribution is -2.61. The summed E-state index contributed by atoms with van der Waals surface area (Å²) in [5, 5.41) is 2.30. The summed E-state index contributed by atoms with van der Waals surface area (Å²) < 4.78 is 6.51. The second-order valence-electron chi connectivity index (χ2n) is 22.2. The lowest BCUT2D eigenvalue weighted by molar-refractivity contribution is 0.332. The Morgan fingerprint density at radius 2 is 1.14 bits per heavy atom. The topological polar surface area (TPSA) is 19.6 Å². The van der Waals surface area contributed by atoms with Gasteiger partial charge in [-0.05, 0) is 146 Å². The van der Waals surface area contributed by atoms with Crippen LogP contribution >= 0.6 is 0 Å². The first-order valence-corrected chi connectivity index (χ1v) is 23.1. The van der Waals surface area contributed by atoms with Crippen molar-refractivity contribution in [3.63, 3.8) is 0 Å². The number of fused-ring (bicyclic) bond motifs is 8. The predicted octanol–water partition coefficient (Wildman–Crippen LogP) is 14.6. The average Bonchev–Trinajstić information content (AvgIpc) is 3.63. The number of anilines is 6. The maximum atomic E-state index is 6.51. The summed E-state index contributed by atoms with van der Waals surface area (Å²) in [5.74, 6) is 0. The third-order valence-corrected chi connectivity index (χ3v) is 14.9. The molecule has 0 spiro atoms. The summed E-state index contributed by atoms with van der Waals surface area (Å²) >= 11 is 0. The minimum absolute atomic E-state index is 0.0105. The largest absolute Gasteiger partial charge is 0.455 e. The predicted molar refractivity (Wildman–Crippen MR) is 271 cm³/mol. The lowest BCUT2D eigenvalue weighted by atomic mass is 9.33. The number of nitrogens with zero attached hydrogens (tertiary/aromatic N) is 2. The highest BCUT2D eigenvalue weighted by Gasteiger charge is 2.45. The van der Waals surface area contributed by atoms with Crippen LogP contribution in [0.5, 0.6) is 0 Å². The summed E-state index contributed by atoms with van der Waals surface area (Å²) in [5.41, 5.74) is 22.7.